The highest BCUT2D eigenvalue weighted by atomic mass is 32.1. The zero-order chi connectivity index (χ0) is 20.3. The third-order valence-electron chi connectivity index (χ3n) is 5.05. The van der Waals surface area contributed by atoms with Gasteiger partial charge in [0.1, 0.15) is 17.3 Å². The molecule has 2 aromatic rings. The molecule has 1 aliphatic heterocycles. The number of nitrogens with one attached hydrogen (secondary N) is 2. The minimum atomic E-state index is -0.363. The molecule has 6 nitrogen and oxygen atoms in total. The topological polar surface area (TPSA) is 69.1 Å². The van der Waals surface area contributed by atoms with E-state index in [4.69, 9.17) is 9.47 Å². The molecule has 2 heterocycles. The van der Waals surface area contributed by atoms with Gasteiger partial charge in [0.15, 0.2) is 0 Å². The number of rotatable bonds is 6. The lowest BCUT2D eigenvalue weighted by Gasteiger charge is -2.27. The fourth-order valence-electron chi connectivity index (χ4n) is 3.42. The molecule has 0 radical (unpaired) electrons. The zero-order valence-electron chi connectivity index (χ0n) is 16.8. The molecule has 7 heteroatoms. The van der Waals surface area contributed by atoms with Gasteiger partial charge in [-0.25, -0.2) is 4.79 Å². The van der Waals surface area contributed by atoms with E-state index in [2.05, 4.69) is 19.2 Å². The minimum Gasteiger partial charge on any atom is -0.497 e. The van der Waals surface area contributed by atoms with Crippen molar-refractivity contribution in [3.05, 3.63) is 45.8 Å². The van der Waals surface area contributed by atoms with Crippen molar-refractivity contribution >= 4 is 28.2 Å². The lowest BCUT2D eigenvalue weighted by Crippen LogP contribution is -3.14. The van der Waals surface area contributed by atoms with Gasteiger partial charge >= 0.3 is 5.97 Å². The maximum Gasteiger partial charge on any atom is 0.341 e. The summed E-state index contributed by atoms with van der Waals surface area (Å²) in [5.74, 6) is 0.0741. The first-order valence-corrected chi connectivity index (χ1v) is 10.4. The van der Waals surface area contributed by atoms with Crippen molar-refractivity contribution in [2.75, 3.05) is 25.6 Å². The molecule has 1 aliphatic rings. The van der Waals surface area contributed by atoms with Crippen molar-refractivity contribution in [2.24, 2.45) is 0 Å². The second-order valence-corrected chi connectivity index (χ2v) is 8.21. The number of anilines is 1. The quantitative estimate of drug-likeness (QED) is 0.728. The monoisotopic (exact) mass is 403 g/mol. The van der Waals surface area contributed by atoms with Crippen LogP contribution >= 0.6 is 11.3 Å². The molecule has 0 saturated heterocycles. The highest BCUT2D eigenvalue weighted by molar-refractivity contribution is 7.17. The van der Waals surface area contributed by atoms with Crippen molar-refractivity contribution in [3.63, 3.8) is 0 Å². The average Bonchev–Trinajstić information content (AvgIpc) is 3.05. The fourth-order valence-corrected chi connectivity index (χ4v) is 4.70. The molecule has 2 N–H and O–H groups in total. The van der Waals surface area contributed by atoms with Crippen LogP contribution in [0.1, 0.15) is 51.9 Å². The van der Waals surface area contributed by atoms with Gasteiger partial charge in [-0.05, 0) is 50.6 Å². The highest BCUT2D eigenvalue weighted by Crippen LogP contribution is 2.35. The smallest absolute Gasteiger partial charge is 0.341 e. The van der Waals surface area contributed by atoms with Crippen LogP contribution in [-0.2, 0) is 17.7 Å². The number of carbonyl (C=O) groups excluding carboxylic acids is 2. The third-order valence-corrected chi connectivity index (χ3v) is 6.20. The number of hydrogen-bond acceptors (Lipinski definition) is 5. The molecule has 0 aliphatic carbocycles. The summed E-state index contributed by atoms with van der Waals surface area (Å²) in [5.41, 5.74) is 2.06. The second kappa shape index (κ2) is 8.75. The molecule has 150 valence electrons. The summed E-state index contributed by atoms with van der Waals surface area (Å²) in [6.07, 6.45) is 0.811. The molecule has 1 aromatic heterocycles. The van der Waals surface area contributed by atoms with Gasteiger partial charge in [-0.3, -0.25) is 4.79 Å². The number of thiophene rings is 1. The second-order valence-electron chi connectivity index (χ2n) is 7.10. The van der Waals surface area contributed by atoms with E-state index >= 15 is 0 Å². The summed E-state index contributed by atoms with van der Waals surface area (Å²) >= 11 is 1.49. The molecule has 1 atom stereocenters. The van der Waals surface area contributed by atoms with Crippen LogP contribution in [0, 0.1) is 0 Å². The van der Waals surface area contributed by atoms with Crippen molar-refractivity contribution in [1.29, 1.82) is 0 Å². The number of quaternary nitrogens is 1. The van der Waals surface area contributed by atoms with Crippen LogP contribution in [0.4, 0.5) is 5.00 Å². The molecule has 0 spiro atoms. The van der Waals surface area contributed by atoms with E-state index in [0.717, 1.165) is 30.0 Å². The van der Waals surface area contributed by atoms with E-state index < -0.39 is 0 Å². The lowest BCUT2D eigenvalue weighted by atomic mass is 10.0. The lowest BCUT2D eigenvalue weighted by molar-refractivity contribution is -0.936. The molecule has 1 amide bonds. The fraction of sp³-hybridized carbons (Fsp3) is 0.429. The molecular weight excluding hydrogens is 376 g/mol. The Labute approximate surface area is 169 Å². The number of hydrogen-bond donors (Lipinski definition) is 2. The molecule has 0 bridgehead atoms. The number of benzene rings is 1. The SMILES string of the molecule is CCOC(=O)c1c(NC(=O)c2ccc(OC)cc2)sc2c1CC[NH+](C(C)C)C2. The number of ether oxygens (including phenoxy) is 2. The van der Waals surface area contributed by atoms with Gasteiger partial charge in [-0.2, -0.15) is 0 Å². The maximum atomic E-state index is 12.7. The Kier molecular flexibility index (Phi) is 6.36. The maximum absolute atomic E-state index is 12.7. The van der Waals surface area contributed by atoms with Gasteiger partial charge in [-0.15, -0.1) is 11.3 Å². The molecule has 1 unspecified atom stereocenters. The van der Waals surface area contributed by atoms with Crippen LogP contribution in [0.25, 0.3) is 0 Å². The number of esters is 1. The Bertz CT molecular complexity index is 858. The average molecular weight is 404 g/mol. The van der Waals surface area contributed by atoms with Gasteiger partial charge in [0.25, 0.3) is 5.91 Å². The summed E-state index contributed by atoms with van der Waals surface area (Å²) < 4.78 is 10.4. The van der Waals surface area contributed by atoms with Crippen LogP contribution in [0.15, 0.2) is 24.3 Å². The van der Waals surface area contributed by atoms with Crippen LogP contribution in [0.5, 0.6) is 5.75 Å². The Balaban J connectivity index is 1.90. The van der Waals surface area contributed by atoms with Crippen molar-refractivity contribution < 1.29 is 24.0 Å². The minimum absolute atomic E-state index is 0.250. The van der Waals surface area contributed by atoms with E-state index in [1.165, 1.54) is 16.2 Å². The molecule has 1 aromatic carbocycles. The molecule has 0 saturated carbocycles. The van der Waals surface area contributed by atoms with Gasteiger partial charge in [0, 0.05) is 12.0 Å². The highest BCUT2D eigenvalue weighted by Gasteiger charge is 2.32. The van der Waals surface area contributed by atoms with E-state index in [-0.39, 0.29) is 11.9 Å². The summed E-state index contributed by atoms with van der Waals surface area (Å²) in [5, 5.41) is 3.51. The number of amides is 1. The molecule has 3 rings (SSSR count). The summed E-state index contributed by atoms with van der Waals surface area (Å²) in [6, 6.07) is 7.40. The Morgan fingerprint density at radius 3 is 2.57 bits per heavy atom. The van der Waals surface area contributed by atoms with Crippen molar-refractivity contribution in [2.45, 2.75) is 39.8 Å². The summed E-state index contributed by atoms with van der Waals surface area (Å²) in [4.78, 5) is 28.0. The van der Waals surface area contributed by atoms with E-state index in [9.17, 15) is 9.59 Å². The molecular formula is C21H27N2O4S+. The van der Waals surface area contributed by atoms with Gasteiger partial charge < -0.3 is 19.7 Å². The van der Waals surface area contributed by atoms with E-state index in [1.54, 1.807) is 38.3 Å². The predicted octanol–water partition coefficient (Wildman–Crippen LogP) is 2.54. The summed E-state index contributed by atoms with van der Waals surface area (Å²) in [6.45, 7) is 8.33. The zero-order valence-corrected chi connectivity index (χ0v) is 17.6. The van der Waals surface area contributed by atoms with Crippen LogP contribution in [0.3, 0.4) is 0 Å². The normalized spacial score (nSPS) is 15.8. The van der Waals surface area contributed by atoms with Crippen LogP contribution in [0.2, 0.25) is 0 Å². The standard InChI is InChI=1S/C21H26N2O4S/c1-5-27-21(25)18-16-10-11-23(13(2)3)12-17(16)28-20(18)22-19(24)14-6-8-15(26-4)9-7-14/h6-9,13H,5,10-12H2,1-4H3,(H,22,24)/p+1. The van der Waals surface area contributed by atoms with Gasteiger partial charge in [0.05, 0.1) is 36.7 Å². The predicted molar refractivity (Wildman–Crippen MR) is 110 cm³/mol. The number of fused-ring (bicyclic) bond motifs is 1. The van der Waals surface area contributed by atoms with Gasteiger partial charge in [-0.1, -0.05) is 0 Å². The van der Waals surface area contributed by atoms with Crippen LogP contribution in [-0.4, -0.2) is 38.2 Å². The molecule has 28 heavy (non-hydrogen) atoms. The first-order valence-electron chi connectivity index (χ1n) is 9.56. The largest absolute Gasteiger partial charge is 0.497 e. The molecule has 0 fully saturated rings. The first-order chi connectivity index (χ1) is 13.4. The third kappa shape index (κ3) is 4.20. The van der Waals surface area contributed by atoms with Crippen LogP contribution < -0.4 is 15.0 Å². The number of carbonyl (C=O) groups is 2. The first kappa shape index (κ1) is 20.4. The Hall–Kier alpha value is -2.38. The van der Waals surface area contributed by atoms with Gasteiger partial charge in [0.2, 0.25) is 0 Å². The van der Waals surface area contributed by atoms with Crippen molar-refractivity contribution in [3.8, 4) is 5.75 Å². The van der Waals surface area contributed by atoms with Crippen molar-refractivity contribution in [1.82, 2.24) is 0 Å². The summed E-state index contributed by atoms with van der Waals surface area (Å²) in [7, 11) is 1.58. The van der Waals surface area contributed by atoms with E-state index in [0.29, 0.717) is 34.5 Å². The number of methoxy groups -OCH3 is 1. The Morgan fingerprint density at radius 2 is 1.96 bits per heavy atom. The van der Waals surface area contributed by atoms with E-state index in [1.807, 2.05) is 0 Å². The Morgan fingerprint density at radius 1 is 1.25 bits per heavy atom.